The third-order valence-electron chi connectivity index (χ3n) is 2.45. The van der Waals surface area contributed by atoms with E-state index in [0.29, 0.717) is 29.0 Å². The van der Waals surface area contributed by atoms with Crippen molar-refractivity contribution in [2.75, 3.05) is 27.4 Å². The molecule has 0 amide bonds. The van der Waals surface area contributed by atoms with Gasteiger partial charge in [0.05, 0.1) is 19.6 Å². The molecule has 0 saturated heterocycles. The van der Waals surface area contributed by atoms with Crippen molar-refractivity contribution in [3.8, 4) is 11.5 Å². The van der Waals surface area contributed by atoms with Gasteiger partial charge in [-0.05, 0) is 18.9 Å². The summed E-state index contributed by atoms with van der Waals surface area (Å²) in [7, 11) is 3.27. The van der Waals surface area contributed by atoms with Gasteiger partial charge in [-0.25, -0.2) is 0 Å². The van der Waals surface area contributed by atoms with Crippen molar-refractivity contribution in [2.45, 2.75) is 18.7 Å². The highest BCUT2D eigenvalue weighted by atomic mass is 35.5. The van der Waals surface area contributed by atoms with Crippen LogP contribution in [-0.2, 0) is 10.6 Å². The Kier molecular flexibility index (Phi) is 7.25. The Morgan fingerprint density at radius 3 is 2.44 bits per heavy atom. The molecule has 0 heterocycles. The van der Waals surface area contributed by atoms with Crippen LogP contribution < -0.4 is 9.47 Å². The van der Waals surface area contributed by atoms with Crippen molar-refractivity contribution in [3.05, 3.63) is 22.7 Å². The van der Waals surface area contributed by atoms with Crippen LogP contribution in [0.15, 0.2) is 12.1 Å². The lowest BCUT2D eigenvalue weighted by atomic mass is 10.2. The first kappa shape index (κ1) is 15.4. The van der Waals surface area contributed by atoms with Crippen molar-refractivity contribution in [2.24, 2.45) is 0 Å². The van der Waals surface area contributed by atoms with Crippen molar-refractivity contribution < 1.29 is 14.2 Å². The Hall–Kier alpha value is -0.640. The molecule has 0 aliphatic heterocycles. The molecule has 5 heteroatoms. The van der Waals surface area contributed by atoms with E-state index in [1.807, 2.05) is 0 Å². The van der Waals surface area contributed by atoms with Gasteiger partial charge in [-0.3, -0.25) is 0 Å². The molecule has 0 spiro atoms. The Balaban J connectivity index is 2.67. The number of hydrogen-bond donors (Lipinski definition) is 0. The number of ether oxygens (including phenoxy) is 3. The van der Waals surface area contributed by atoms with E-state index in [-0.39, 0.29) is 0 Å². The van der Waals surface area contributed by atoms with Gasteiger partial charge in [0.2, 0.25) is 0 Å². The van der Waals surface area contributed by atoms with Gasteiger partial charge in [-0.15, -0.1) is 11.6 Å². The van der Waals surface area contributed by atoms with E-state index in [0.717, 1.165) is 25.0 Å². The zero-order chi connectivity index (χ0) is 13.4. The topological polar surface area (TPSA) is 27.7 Å². The summed E-state index contributed by atoms with van der Waals surface area (Å²) in [6.07, 6.45) is 1.88. The van der Waals surface area contributed by atoms with Crippen LogP contribution >= 0.6 is 23.2 Å². The van der Waals surface area contributed by atoms with Gasteiger partial charge >= 0.3 is 0 Å². The normalized spacial score (nSPS) is 10.4. The molecule has 3 nitrogen and oxygen atoms in total. The first-order valence-corrected chi connectivity index (χ1v) is 6.68. The number of hydrogen-bond acceptors (Lipinski definition) is 3. The maximum atomic E-state index is 5.97. The molecule has 1 rings (SSSR count). The van der Waals surface area contributed by atoms with Crippen molar-refractivity contribution in [1.82, 2.24) is 0 Å². The second-order valence-corrected chi connectivity index (χ2v) is 4.48. The second kappa shape index (κ2) is 8.46. The molecule has 0 saturated carbocycles. The minimum absolute atomic E-state index is 0.338. The molecule has 0 aliphatic carbocycles. The minimum atomic E-state index is 0.338. The fourth-order valence-electron chi connectivity index (χ4n) is 1.56. The number of halogens is 2. The molecule has 102 valence electrons. The van der Waals surface area contributed by atoms with E-state index in [4.69, 9.17) is 37.4 Å². The summed E-state index contributed by atoms with van der Waals surface area (Å²) in [4.78, 5) is 0. The SMILES string of the molecule is COCCCCOc1c(CCl)cc(Cl)cc1OC. The fourth-order valence-corrected chi connectivity index (χ4v) is 1.99. The van der Waals surface area contributed by atoms with Crippen LogP contribution in [0, 0.1) is 0 Å². The fraction of sp³-hybridized carbons (Fsp3) is 0.538. The summed E-state index contributed by atoms with van der Waals surface area (Å²) in [5, 5.41) is 0.592. The van der Waals surface area contributed by atoms with Crippen LogP contribution in [0.4, 0.5) is 0 Å². The zero-order valence-corrected chi connectivity index (χ0v) is 12.2. The van der Waals surface area contributed by atoms with E-state index in [2.05, 4.69) is 0 Å². The van der Waals surface area contributed by atoms with Crippen LogP contribution in [-0.4, -0.2) is 27.4 Å². The van der Waals surface area contributed by atoms with Crippen molar-refractivity contribution in [3.63, 3.8) is 0 Å². The van der Waals surface area contributed by atoms with Crippen LogP contribution in [0.25, 0.3) is 0 Å². The summed E-state index contributed by atoms with van der Waals surface area (Å²) in [5.41, 5.74) is 0.841. The second-order valence-electron chi connectivity index (χ2n) is 3.78. The van der Waals surface area contributed by atoms with Gasteiger partial charge in [-0.1, -0.05) is 11.6 Å². The summed E-state index contributed by atoms with van der Waals surface area (Å²) in [6, 6.07) is 3.52. The summed E-state index contributed by atoms with van der Waals surface area (Å²) in [5.74, 6) is 1.63. The maximum absolute atomic E-state index is 5.97. The molecule has 0 N–H and O–H groups in total. The number of benzene rings is 1. The molecule has 0 bridgehead atoms. The summed E-state index contributed by atoms with van der Waals surface area (Å²) < 4.78 is 16.0. The van der Waals surface area contributed by atoms with Gasteiger partial charge in [0, 0.05) is 30.4 Å². The van der Waals surface area contributed by atoms with E-state index >= 15 is 0 Å². The largest absolute Gasteiger partial charge is 0.493 e. The molecule has 0 radical (unpaired) electrons. The molecule has 1 aromatic carbocycles. The van der Waals surface area contributed by atoms with E-state index in [1.165, 1.54) is 0 Å². The average molecular weight is 293 g/mol. The number of rotatable bonds is 8. The molecule has 0 unspecified atom stereocenters. The average Bonchev–Trinajstić information content (AvgIpc) is 2.39. The molecule has 0 atom stereocenters. The van der Waals surface area contributed by atoms with Gasteiger partial charge < -0.3 is 14.2 Å². The number of unbranched alkanes of at least 4 members (excludes halogenated alkanes) is 1. The predicted octanol–water partition coefficient (Wildman–Crippen LogP) is 3.89. The number of alkyl halides is 1. The third-order valence-corrected chi connectivity index (χ3v) is 2.96. The Morgan fingerprint density at radius 1 is 1.11 bits per heavy atom. The quantitative estimate of drug-likeness (QED) is 0.537. The Labute approximate surface area is 118 Å². The highest BCUT2D eigenvalue weighted by molar-refractivity contribution is 6.31. The molecule has 0 aliphatic rings. The van der Waals surface area contributed by atoms with Gasteiger partial charge in [0.1, 0.15) is 0 Å². The van der Waals surface area contributed by atoms with Crippen molar-refractivity contribution in [1.29, 1.82) is 0 Å². The lowest BCUT2D eigenvalue weighted by Crippen LogP contribution is -2.03. The monoisotopic (exact) mass is 292 g/mol. The van der Waals surface area contributed by atoms with E-state index in [1.54, 1.807) is 26.4 Å². The minimum Gasteiger partial charge on any atom is -0.493 e. The predicted molar refractivity (Wildman–Crippen MR) is 74.2 cm³/mol. The highest BCUT2D eigenvalue weighted by Gasteiger charge is 2.12. The van der Waals surface area contributed by atoms with Crippen LogP contribution in [0.2, 0.25) is 5.02 Å². The lowest BCUT2D eigenvalue weighted by molar-refractivity contribution is 0.183. The molecule has 0 fully saturated rings. The Morgan fingerprint density at radius 2 is 1.83 bits per heavy atom. The molecule has 0 aromatic heterocycles. The summed E-state index contributed by atoms with van der Waals surface area (Å²) in [6.45, 7) is 1.34. The van der Waals surface area contributed by atoms with E-state index < -0.39 is 0 Å². The standard InChI is InChI=1S/C13H18Cl2O3/c1-16-5-3-4-6-18-13-10(9-14)7-11(15)8-12(13)17-2/h7-8H,3-6,9H2,1-2H3. The Bertz CT molecular complexity index is 344. The van der Waals surface area contributed by atoms with Crippen LogP contribution in [0.3, 0.4) is 0 Å². The smallest absolute Gasteiger partial charge is 0.165 e. The third kappa shape index (κ3) is 4.56. The summed E-state index contributed by atoms with van der Waals surface area (Å²) >= 11 is 11.9. The van der Waals surface area contributed by atoms with Crippen LogP contribution in [0.1, 0.15) is 18.4 Å². The molecular weight excluding hydrogens is 275 g/mol. The number of methoxy groups -OCH3 is 2. The van der Waals surface area contributed by atoms with Crippen molar-refractivity contribution >= 4 is 23.2 Å². The lowest BCUT2D eigenvalue weighted by Gasteiger charge is -2.14. The van der Waals surface area contributed by atoms with Gasteiger partial charge in [-0.2, -0.15) is 0 Å². The highest BCUT2D eigenvalue weighted by Crippen LogP contribution is 2.35. The van der Waals surface area contributed by atoms with Gasteiger partial charge in [0.15, 0.2) is 11.5 Å². The van der Waals surface area contributed by atoms with Crippen LogP contribution in [0.5, 0.6) is 11.5 Å². The zero-order valence-electron chi connectivity index (χ0n) is 10.7. The molecule has 1 aromatic rings. The first-order valence-electron chi connectivity index (χ1n) is 5.77. The molecule has 18 heavy (non-hydrogen) atoms. The molecular formula is C13H18Cl2O3. The van der Waals surface area contributed by atoms with E-state index in [9.17, 15) is 0 Å². The maximum Gasteiger partial charge on any atom is 0.165 e. The van der Waals surface area contributed by atoms with Gasteiger partial charge in [0.25, 0.3) is 0 Å². The first-order chi connectivity index (χ1) is 8.72.